The number of likely N-dealkylation sites (N-methyl/N-ethyl adjacent to an activating group) is 1. The molecule has 1 unspecified atom stereocenters. The van der Waals surface area contributed by atoms with E-state index in [4.69, 9.17) is 0 Å². The summed E-state index contributed by atoms with van der Waals surface area (Å²) in [6, 6.07) is 15.4. The zero-order valence-electron chi connectivity index (χ0n) is 16.1. The first kappa shape index (κ1) is 19.7. The second kappa shape index (κ2) is 9.18. The summed E-state index contributed by atoms with van der Waals surface area (Å²) in [5.41, 5.74) is 4.27. The Kier molecular flexibility index (Phi) is 6.96. The average molecular weight is 352 g/mol. The first-order valence-corrected chi connectivity index (χ1v) is 9.09. The van der Waals surface area contributed by atoms with Crippen molar-refractivity contribution in [1.29, 1.82) is 0 Å². The minimum atomic E-state index is -0.521. The number of benzene rings is 2. The second-order valence-electron chi connectivity index (χ2n) is 6.68. The van der Waals surface area contributed by atoms with E-state index in [9.17, 15) is 9.59 Å². The van der Waals surface area contributed by atoms with Crippen LogP contribution in [-0.4, -0.2) is 29.3 Å². The molecular formula is C22H28N2O2. The largest absolute Gasteiger partial charge is 0.355 e. The van der Waals surface area contributed by atoms with Crippen LogP contribution in [0, 0.1) is 13.8 Å². The number of aryl methyl sites for hydroxylation is 2. The van der Waals surface area contributed by atoms with E-state index >= 15 is 0 Å². The molecule has 0 radical (unpaired) electrons. The van der Waals surface area contributed by atoms with Crippen molar-refractivity contribution in [1.82, 2.24) is 10.2 Å². The Morgan fingerprint density at radius 1 is 1.04 bits per heavy atom. The summed E-state index contributed by atoms with van der Waals surface area (Å²) in [7, 11) is 0. The number of amides is 2. The lowest BCUT2D eigenvalue weighted by molar-refractivity contribution is -0.140. The highest BCUT2D eigenvalue weighted by molar-refractivity contribution is 5.88. The molecule has 2 aromatic carbocycles. The van der Waals surface area contributed by atoms with Gasteiger partial charge in [-0.3, -0.25) is 9.59 Å². The number of carbonyl (C=O) groups excluding carboxylic acids is 2. The summed E-state index contributed by atoms with van der Waals surface area (Å²) in [5, 5.41) is 2.82. The maximum atomic E-state index is 13.0. The van der Waals surface area contributed by atoms with Gasteiger partial charge in [-0.1, -0.05) is 54.1 Å². The van der Waals surface area contributed by atoms with Crippen molar-refractivity contribution in [2.75, 3.05) is 6.54 Å². The van der Waals surface area contributed by atoms with Crippen molar-refractivity contribution < 1.29 is 9.59 Å². The number of rotatable bonds is 7. The number of hydrogen-bond donors (Lipinski definition) is 1. The smallest absolute Gasteiger partial charge is 0.242 e. The van der Waals surface area contributed by atoms with E-state index in [1.54, 1.807) is 11.8 Å². The van der Waals surface area contributed by atoms with Gasteiger partial charge < -0.3 is 10.2 Å². The average Bonchev–Trinajstić information content (AvgIpc) is 2.62. The van der Waals surface area contributed by atoms with Gasteiger partial charge in [-0.15, -0.1) is 0 Å². The van der Waals surface area contributed by atoms with Gasteiger partial charge in [0.15, 0.2) is 0 Å². The van der Waals surface area contributed by atoms with Gasteiger partial charge in [0.1, 0.15) is 6.04 Å². The Morgan fingerprint density at radius 3 is 2.31 bits per heavy atom. The fraction of sp³-hybridized carbons (Fsp3) is 0.364. The van der Waals surface area contributed by atoms with Crippen LogP contribution in [-0.2, 0) is 22.6 Å². The third-order valence-electron chi connectivity index (χ3n) is 4.59. The molecule has 1 atom stereocenters. The van der Waals surface area contributed by atoms with Gasteiger partial charge >= 0.3 is 0 Å². The Hall–Kier alpha value is -2.62. The lowest BCUT2D eigenvalue weighted by Crippen LogP contribution is -2.48. The van der Waals surface area contributed by atoms with Crippen LogP contribution in [0.25, 0.3) is 0 Å². The molecule has 0 spiro atoms. The summed E-state index contributed by atoms with van der Waals surface area (Å²) >= 11 is 0. The lowest BCUT2D eigenvalue weighted by atomic mass is 10.0. The van der Waals surface area contributed by atoms with Crippen LogP contribution in [0.4, 0.5) is 0 Å². The van der Waals surface area contributed by atoms with E-state index < -0.39 is 6.04 Å². The Morgan fingerprint density at radius 2 is 1.69 bits per heavy atom. The first-order chi connectivity index (χ1) is 12.4. The van der Waals surface area contributed by atoms with Crippen LogP contribution < -0.4 is 5.32 Å². The lowest BCUT2D eigenvalue weighted by Gasteiger charge is -2.29. The predicted molar refractivity (Wildman–Crippen MR) is 105 cm³/mol. The van der Waals surface area contributed by atoms with Gasteiger partial charge in [-0.2, -0.15) is 0 Å². The van der Waals surface area contributed by atoms with E-state index in [2.05, 4.69) is 5.32 Å². The van der Waals surface area contributed by atoms with Crippen LogP contribution in [0.2, 0.25) is 0 Å². The van der Waals surface area contributed by atoms with E-state index in [1.165, 1.54) is 5.56 Å². The Labute approximate surface area is 156 Å². The van der Waals surface area contributed by atoms with Gasteiger partial charge in [0, 0.05) is 13.1 Å². The molecule has 4 nitrogen and oxygen atoms in total. The van der Waals surface area contributed by atoms with Crippen LogP contribution in [0.5, 0.6) is 0 Å². The SMILES string of the molecule is CCNC(=O)C(C)N(Cc1ccc(C)cc1)C(=O)Cc1ccccc1C. The molecule has 2 amide bonds. The van der Waals surface area contributed by atoms with Gasteiger partial charge in [0.05, 0.1) is 6.42 Å². The zero-order chi connectivity index (χ0) is 19.1. The highest BCUT2D eigenvalue weighted by Crippen LogP contribution is 2.15. The molecule has 0 saturated heterocycles. The molecule has 0 aromatic heterocycles. The second-order valence-corrected chi connectivity index (χ2v) is 6.68. The molecular weight excluding hydrogens is 324 g/mol. The molecule has 1 N–H and O–H groups in total. The molecule has 0 saturated carbocycles. The van der Waals surface area contributed by atoms with E-state index in [0.29, 0.717) is 19.5 Å². The van der Waals surface area contributed by atoms with Gasteiger partial charge in [-0.05, 0) is 44.4 Å². The van der Waals surface area contributed by atoms with Gasteiger partial charge in [0.25, 0.3) is 0 Å². The van der Waals surface area contributed by atoms with Crippen molar-refractivity contribution >= 4 is 11.8 Å². The minimum absolute atomic E-state index is 0.0429. The zero-order valence-corrected chi connectivity index (χ0v) is 16.1. The number of nitrogens with zero attached hydrogens (tertiary/aromatic N) is 1. The molecule has 2 aromatic rings. The monoisotopic (exact) mass is 352 g/mol. The summed E-state index contributed by atoms with van der Waals surface area (Å²) < 4.78 is 0. The molecule has 0 aliphatic heterocycles. The molecule has 0 bridgehead atoms. The van der Waals surface area contributed by atoms with Crippen LogP contribution in [0.1, 0.15) is 36.1 Å². The number of hydrogen-bond acceptors (Lipinski definition) is 2. The molecule has 4 heteroatoms. The highest BCUT2D eigenvalue weighted by atomic mass is 16.2. The molecule has 138 valence electrons. The van der Waals surface area contributed by atoms with Crippen molar-refractivity contribution in [3.8, 4) is 0 Å². The van der Waals surface area contributed by atoms with Crippen molar-refractivity contribution in [2.24, 2.45) is 0 Å². The quantitative estimate of drug-likeness (QED) is 0.830. The van der Waals surface area contributed by atoms with E-state index in [-0.39, 0.29) is 11.8 Å². The third-order valence-corrected chi connectivity index (χ3v) is 4.59. The van der Waals surface area contributed by atoms with Crippen molar-refractivity contribution in [2.45, 2.75) is 46.7 Å². The normalized spacial score (nSPS) is 11.7. The maximum Gasteiger partial charge on any atom is 0.242 e. The molecule has 2 rings (SSSR count). The minimum Gasteiger partial charge on any atom is -0.355 e. The summed E-state index contributed by atoms with van der Waals surface area (Å²) in [5.74, 6) is -0.170. The highest BCUT2D eigenvalue weighted by Gasteiger charge is 2.26. The summed E-state index contributed by atoms with van der Waals surface area (Å²) in [6.45, 7) is 8.66. The maximum absolute atomic E-state index is 13.0. The van der Waals surface area contributed by atoms with Crippen LogP contribution >= 0.6 is 0 Å². The number of carbonyl (C=O) groups is 2. The summed E-state index contributed by atoms with van der Waals surface area (Å²) in [4.78, 5) is 27.0. The summed E-state index contributed by atoms with van der Waals surface area (Å²) in [6.07, 6.45) is 0.294. The van der Waals surface area contributed by atoms with Crippen molar-refractivity contribution in [3.63, 3.8) is 0 Å². The Balaban J connectivity index is 2.23. The fourth-order valence-electron chi connectivity index (χ4n) is 2.87. The first-order valence-electron chi connectivity index (χ1n) is 9.09. The molecule has 0 aliphatic rings. The van der Waals surface area contributed by atoms with Crippen LogP contribution in [0.3, 0.4) is 0 Å². The van der Waals surface area contributed by atoms with Crippen molar-refractivity contribution in [3.05, 3.63) is 70.8 Å². The van der Waals surface area contributed by atoms with Gasteiger partial charge in [0.2, 0.25) is 11.8 Å². The Bertz CT molecular complexity index is 753. The fourth-order valence-corrected chi connectivity index (χ4v) is 2.87. The molecule has 0 aliphatic carbocycles. The number of nitrogens with one attached hydrogen (secondary N) is 1. The molecule has 0 fully saturated rings. The molecule has 26 heavy (non-hydrogen) atoms. The van der Waals surface area contributed by atoms with Gasteiger partial charge in [-0.25, -0.2) is 0 Å². The topological polar surface area (TPSA) is 49.4 Å². The van der Waals surface area contributed by atoms with E-state index in [1.807, 2.05) is 69.3 Å². The molecule has 0 heterocycles. The third kappa shape index (κ3) is 5.19. The predicted octanol–water partition coefficient (Wildman–Crippen LogP) is 3.40. The standard InChI is InChI=1S/C22H28N2O2/c1-5-23-22(26)18(4)24(15-19-12-10-16(2)11-13-19)21(25)14-20-9-7-6-8-17(20)3/h6-13,18H,5,14-15H2,1-4H3,(H,23,26). The van der Waals surface area contributed by atoms with E-state index in [0.717, 1.165) is 16.7 Å². The van der Waals surface area contributed by atoms with Crippen LogP contribution in [0.15, 0.2) is 48.5 Å².